The highest BCUT2D eigenvalue weighted by atomic mass is 16.1. The maximum atomic E-state index is 11.5. The first-order valence-electron chi connectivity index (χ1n) is 4.47. The molecule has 0 unspecified atom stereocenters. The third-order valence-electron chi connectivity index (χ3n) is 2.59. The Morgan fingerprint density at radius 1 is 1.29 bits per heavy atom. The van der Waals surface area contributed by atoms with Crippen LogP contribution in [-0.2, 0) is 0 Å². The number of benzene rings is 1. The van der Waals surface area contributed by atoms with Gasteiger partial charge in [-0.05, 0) is 24.6 Å². The Bertz CT molecular complexity index is 560. The number of nitrogens with zero attached hydrogens (tertiary/aromatic N) is 1. The van der Waals surface area contributed by atoms with E-state index in [2.05, 4.69) is 10.3 Å². The van der Waals surface area contributed by atoms with E-state index in [9.17, 15) is 4.79 Å². The lowest BCUT2D eigenvalue weighted by Crippen LogP contribution is -2.03. The molecule has 2 heterocycles. The van der Waals surface area contributed by atoms with E-state index in [4.69, 9.17) is 0 Å². The predicted octanol–water partition coefficient (Wildman–Crippen LogP) is 2.11. The van der Waals surface area contributed by atoms with Gasteiger partial charge in [-0.1, -0.05) is 6.07 Å². The van der Waals surface area contributed by atoms with Gasteiger partial charge < -0.3 is 5.32 Å². The quantitative estimate of drug-likeness (QED) is 0.681. The SMILES string of the molecule is Cc1ccc2c3c(ccnc13)NC2=O. The first-order valence-corrected chi connectivity index (χ1v) is 4.47. The van der Waals surface area contributed by atoms with Gasteiger partial charge in [-0.3, -0.25) is 9.78 Å². The van der Waals surface area contributed by atoms with E-state index in [0.29, 0.717) is 0 Å². The number of nitrogens with one attached hydrogen (secondary N) is 1. The molecule has 1 amide bonds. The van der Waals surface area contributed by atoms with E-state index in [1.807, 2.05) is 25.1 Å². The average Bonchev–Trinajstić information content (AvgIpc) is 2.50. The first-order chi connectivity index (χ1) is 6.77. The number of carbonyl (C=O) groups excluding carboxylic acids is 1. The van der Waals surface area contributed by atoms with E-state index in [-0.39, 0.29) is 5.91 Å². The summed E-state index contributed by atoms with van der Waals surface area (Å²) in [4.78, 5) is 15.8. The standard InChI is InChI=1S/C11H8N2O/c1-6-2-3-7-9-8(13-11(7)14)4-5-12-10(6)9/h2-5H,1H3,(H,13,14). The first kappa shape index (κ1) is 7.50. The van der Waals surface area contributed by atoms with Crippen molar-refractivity contribution in [3.05, 3.63) is 35.5 Å². The normalized spacial score (nSPS) is 13.4. The van der Waals surface area contributed by atoms with Crippen LogP contribution in [0, 0.1) is 6.92 Å². The van der Waals surface area contributed by atoms with Crippen LogP contribution in [-0.4, -0.2) is 10.9 Å². The highest BCUT2D eigenvalue weighted by Gasteiger charge is 2.21. The minimum atomic E-state index is -0.0296. The van der Waals surface area contributed by atoms with E-state index >= 15 is 0 Å². The second-order valence-electron chi connectivity index (χ2n) is 3.47. The largest absolute Gasteiger partial charge is 0.321 e. The lowest BCUT2D eigenvalue weighted by Gasteiger charge is -2.00. The second kappa shape index (κ2) is 2.32. The fourth-order valence-corrected chi connectivity index (χ4v) is 1.89. The lowest BCUT2D eigenvalue weighted by molar-refractivity contribution is 0.103. The molecule has 0 atom stereocenters. The summed E-state index contributed by atoms with van der Waals surface area (Å²) in [6.45, 7) is 2.00. The number of aryl methyl sites for hydroxylation is 1. The molecule has 3 nitrogen and oxygen atoms in total. The second-order valence-corrected chi connectivity index (χ2v) is 3.47. The monoisotopic (exact) mass is 184 g/mol. The number of pyridine rings is 1. The zero-order valence-corrected chi connectivity index (χ0v) is 7.66. The van der Waals surface area contributed by atoms with Crippen LogP contribution in [0.2, 0.25) is 0 Å². The molecular formula is C11H8N2O. The zero-order chi connectivity index (χ0) is 9.71. The van der Waals surface area contributed by atoms with Gasteiger partial charge in [0.1, 0.15) is 0 Å². The number of amides is 1. The number of aromatic nitrogens is 1. The highest BCUT2D eigenvalue weighted by Crippen LogP contribution is 2.32. The summed E-state index contributed by atoms with van der Waals surface area (Å²) in [7, 11) is 0. The molecule has 0 saturated carbocycles. The van der Waals surface area contributed by atoms with Crippen LogP contribution in [0.25, 0.3) is 10.9 Å². The summed E-state index contributed by atoms with van der Waals surface area (Å²) >= 11 is 0. The van der Waals surface area contributed by atoms with Crippen molar-refractivity contribution in [3.8, 4) is 0 Å². The topological polar surface area (TPSA) is 42.0 Å². The van der Waals surface area contributed by atoms with Crippen molar-refractivity contribution in [2.45, 2.75) is 6.92 Å². The van der Waals surface area contributed by atoms with Crippen LogP contribution in [0.1, 0.15) is 15.9 Å². The van der Waals surface area contributed by atoms with Crippen molar-refractivity contribution >= 4 is 22.5 Å². The minimum Gasteiger partial charge on any atom is -0.321 e. The number of hydrogen-bond donors (Lipinski definition) is 1. The van der Waals surface area contributed by atoms with Crippen LogP contribution >= 0.6 is 0 Å². The molecule has 0 radical (unpaired) electrons. The molecular weight excluding hydrogens is 176 g/mol. The van der Waals surface area contributed by atoms with E-state index in [1.54, 1.807) is 6.20 Å². The van der Waals surface area contributed by atoms with E-state index < -0.39 is 0 Å². The summed E-state index contributed by atoms with van der Waals surface area (Å²) in [5, 5.41) is 3.78. The lowest BCUT2D eigenvalue weighted by atomic mass is 10.1. The van der Waals surface area contributed by atoms with Gasteiger partial charge in [0, 0.05) is 11.6 Å². The molecule has 0 spiro atoms. The van der Waals surface area contributed by atoms with Crippen molar-refractivity contribution in [2.24, 2.45) is 0 Å². The molecule has 3 rings (SSSR count). The van der Waals surface area contributed by atoms with Gasteiger partial charge in [-0.15, -0.1) is 0 Å². The van der Waals surface area contributed by atoms with Crippen LogP contribution in [0.5, 0.6) is 0 Å². The van der Waals surface area contributed by atoms with Crippen LogP contribution in [0.4, 0.5) is 5.69 Å². The van der Waals surface area contributed by atoms with Gasteiger partial charge in [-0.25, -0.2) is 0 Å². The highest BCUT2D eigenvalue weighted by molar-refractivity contribution is 6.23. The fourth-order valence-electron chi connectivity index (χ4n) is 1.89. The Morgan fingerprint density at radius 2 is 2.14 bits per heavy atom. The van der Waals surface area contributed by atoms with Gasteiger partial charge in [0.15, 0.2) is 0 Å². The van der Waals surface area contributed by atoms with Crippen molar-refractivity contribution < 1.29 is 4.79 Å². The molecule has 0 saturated heterocycles. The zero-order valence-electron chi connectivity index (χ0n) is 7.66. The Hall–Kier alpha value is -1.90. The molecule has 0 fully saturated rings. The molecule has 1 aromatic heterocycles. The third kappa shape index (κ3) is 0.763. The maximum absolute atomic E-state index is 11.5. The Morgan fingerprint density at radius 3 is 3.00 bits per heavy atom. The Kier molecular flexibility index (Phi) is 1.24. The summed E-state index contributed by atoms with van der Waals surface area (Å²) in [6, 6.07) is 5.61. The van der Waals surface area contributed by atoms with Crippen LogP contribution in [0.15, 0.2) is 24.4 Å². The molecule has 1 aliphatic heterocycles. The Balaban J connectivity index is 2.59. The van der Waals surface area contributed by atoms with Crippen molar-refractivity contribution in [3.63, 3.8) is 0 Å². The van der Waals surface area contributed by atoms with Crippen LogP contribution in [0.3, 0.4) is 0 Å². The summed E-state index contributed by atoms with van der Waals surface area (Å²) in [5.41, 5.74) is 3.62. The third-order valence-corrected chi connectivity index (χ3v) is 2.59. The smallest absolute Gasteiger partial charge is 0.256 e. The molecule has 2 aromatic rings. The molecule has 14 heavy (non-hydrogen) atoms. The summed E-state index contributed by atoms with van der Waals surface area (Å²) in [6.07, 6.45) is 1.72. The molecule has 1 aliphatic rings. The molecule has 0 bridgehead atoms. The van der Waals surface area contributed by atoms with Gasteiger partial charge in [0.25, 0.3) is 5.91 Å². The van der Waals surface area contributed by atoms with Gasteiger partial charge >= 0.3 is 0 Å². The molecule has 0 aliphatic carbocycles. The molecule has 1 aromatic carbocycles. The molecule has 3 heteroatoms. The maximum Gasteiger partial charge on any atom is 0.256 e. The van der Waals surface area contributed by atoms with Crippen LogP contribution < -0.4 is 5.32 Å². The average molecular weight is 184 g/mol. The van der Waals surface area contributed by atoms with Crippen molar-refractivity contribution in [1.29, 1.82) is 0 Å². The Labute approximate surface area is 80.8 Å². The number of hydrogen-bond acceptors (Lipinski definition) is 2. The molecule has 68 valence electrons. The van der Waals surface area contributed by atoms with E-state index in [1.165, 1.54) is 0 Å². The molecule has 1 N–H and O–H groups in total. The van der Waals surface area contributed by atoms with E-state index in [0.717, 1.165) is 27.7 Å². The van der Waals surface area contributed by atoms with Crippen molar-refractivity contribution in [1.82, 2.24) is 4.98 Å². The number of carbonyl (C=O) groups is 1. The number of rotatable bonds is 0. The predicted molar refractivity (Wildman–Crippen MR) is 54.4 cm³/mol. The number of anilines is 1. The van der Waals surface area contributed by atoms with Gasteiger partial charge in [0.05, 0.1) is 16.8 Å². The minimum absolute atomic E-state index is 0.0296. The fraction of sp³-hybridized carbons (Fsp3) is 0.0909. The van der Waals surface area contributed by atoms with Gasteiger partial charge in [-0.2, -0.15) is 0 Å². The summed E-state index contributed by atoms with van der Waals surface area (Å²) < 4.78 is 0. The van der Waals surface area contributed by atoms with Crippen molar-refractivity contribution in [2.75, 3.05) is 5.32 Å². The summed E-state index contributed by atoms with van der Waals surface area (Å²) in [5.74, 6) is -0.0296. The van der Waals surface area contributed by atoms with Gasteiger partial charge in [0.2, 0.25) is 0 Å².